The van der Waals surface area contributed by atoms with Gasteiger partial charge in [0.05, 0.1) is 0 Å². The van der Waals surface area contributed by atoms with E-state index >= 15 is 0 Å². The standard InChI is InChI=1S/C11H17N3O.2ClH/c1-14(2)7-6-13-11(15)9-4-3-5-10(12)8-9;;/h3-5,8H,6-7,12H2,1-2H3,(H,13,15);2*1H. The number of amides is 1. The first-order valence-corrected chi connectivity index (χ1v) is 4.88. The van der Waals surface area contributed by atoms with Crippen molar-refractivity contribution in [1.82, 2.24) is 10.2 Å². The Bertz CT molecular complexity index is 345. The maximum atomic E-state index is 11.6. The van der Waals surface area contributed by atoms with E-state index in [0.29, 0.717) is 17.8 Å². The molecule has 0 saturated carbocycles. The largest absolute Gasteiger partial charge is 0.399 e. The first kappa shape index (κ1) is 18.4. The molecule has 0 heterocycles. The summed E-state index contributed by atoms with van der Waals surface area (Å²) in [6.07, 6.45) is 0. The molecule has 1 aromatic carbocycles. The van der Waals surface area contributed by atoms with Crippen molar-refractivity contribution < 1.29 is 4.79 Å². The number of hydrogen-bond acceptors (Lipinski definition) is 3. The molecule has 0 fully saturated rings. The Balaban J connectivity index is 0. The third kappa shape index (κ3) is 7.05. The molecule has 98 valence electrons. The quantitative estimate of drug-likeness (QED) is 0.820. The van der Waals surface area contributed by atoms with E-state index < -0.39 is 0 Å². The number of hydrogen-bond donors (Lipinski definition) is 2. The molecule has 0 spiro atoms. The van der Waals surface area contributed by atoms with Gasteiger partial charge in [0.2, 0.25) is 0 Å². The van der Waals surface area contributed by atoms with Crippen LogP contribution in [0.4, 0.5) is 5.69 Å². The predicted molar refractivity (Wildman–Crippen MR) is 76.2 cm³/mol. The van der Waals surface area contributed by atoms with Gasteiger partial charge in [0.25, 0.3) is 5.91 Å². The van der Waals surface area contributed by atoms with Crippen LogP contribution in [0.3, 0.4) is 0 Å². The second-order valence-electron chi connectivity index (χ2n) is 3.68. The lowest BCUT2D eigenvalue weighted by molar-refractivity contribution is 0.0951. The van der Waals surface area contributed by atoms with Crippen LogP contribution in [0.25, 0.3) is 0 Å². The molecular weight excluding hydrogens is 261 g/mol. The van der Waals surface area contributed by atoms with Gasteiger partial charge in [0, 0.05) is 24.3 Å². The molecular formula is C11H19Cl2N3O. The van der Waals surface area contributed by atoms with Crippen molar-refractivity contribution in [3.8, 4) is 0 Å². The summed E-state index contributed by atoms with van der Waals surface area (Å²) in [6.45, 7) is 1.47. The Morgan fingerprint density at radius 1 is 1.35 bits per heavy atom. The number of rotatable bonds is 4. The average molecular weight is 280 g/mol. The fourth-order valence-corrected chi connectivity index (χ4v) is 1.18. The number of anilines is 1. The number of halogens is 2. The molecule has 0 atom stereocenters. The molecule has 1 rings (SSSR count). The van der Waals surface area contributed by atoms with Crippen LogP contribution in [-0.2, 0) is 0 Å². The van der Waals surface area contributed by atoms with Crippen LogP contribution in [0.15, 0.2) is 24.3 Å². The molecule has 0 aliphatic carbocycles. The highest BCUT2D eigenvalue weighted by Gasteiger charge is 2.04. The predicted octanol–water partition coefficient (Wildman–Crippen LogP) is 1.40. The Kier molecular flexibility index (Phi) is 9.85. The lowest BCUT2D eigenvalue weighted by atomic mass is 10.2. The molecule has 0 radical (unpaired) electrons. The van der Waals surface area contributed by atoms with Crippen LogP contribution in [0.1, 0.15) is 10.4 Å². The smallest absolute Gasteiger partial charge is 0.251 e. The van der Waals surface area contributed by atoms with Crippen molar-refractivity contribution in [1.29, 1.82) is 0 Å². The van der Waals surface area contributed by atoms with Gasteiger partial charge in [-0.25, -0.2) is 0 Å². The minimum absolute atomic E-state index is 0. The average Bonchev–Trinajstić information content (AvgIpc) is 2.17. The molecule has 4 nitrogen and oxygen atoms in total. The summed E-state index contributed by atoms with van der Waals surface area (Å²) >= 11 is 0. The lowest BCUT2D eigenvalue weighted by Crippen LogP contribution is -2.31. The summed E-state index contributed by atoms with van der Waals surface area (Å²) in [6, 6.07) is 6.96. The maximum Gasteiger partial charge on any atom is 0.251 e. The molecule has 1 amide bonds. The zero-order valence-corrected chi connectivity index (χ0v) is 11.6. The lowest BCUT2D eigenvalue weighted by Gasteiger charge is -2.10. The first-order valence-electron chi connectivity index (χ1n) is 4.88. The fraction of sp³-hybridized carbons (Fsp3) is 0.364. The molecule has 0 aliphatic rings. The van der Waals surface area contributed by atoms with Gasteiger partial charge in [-0.2, -0.15) is 0 Å². The molecule has 0 bridgehead atoms. The normalized spacial score (nSPS) is 9.12. The summed E-state index contributed by atoms with van der Waals surface area (Å²) in [7, 11) is 3.93. The molecule has 0 aliphatic heterocycles. The van der Waals surface area contributed by atoms with Gasteiger partial charge in [-0.15, -0.1) is 24.8 Å². The third-order valence-electron chi connectivity index (χ3n) is 1.99. The molecule has 6 heteroatoms. The van der Waals surface area contributed by atoms with Crippen LogP contribution >= 0.6 is 24.8 Å². The van der Waals surface area contributed by atoms with Crippen molar-refractivity contribution in [2.75, 3.05) is 32.9 Å². The number of nitrogens with one attached hydrogen (secondary N) is 1. The van der Waals surface area contributed by atoms with Gasteiger partial charge in [0.1, 0.15) is 0 Å². The van der Waals surface area contributed by atoms with Gasteiger partial charge in [-0.05, 0) is 32.3 Å². The third-order valence-corrected chi connectivity index (χ3v) is 1.99. The van der Waals surface area contributed by atoms with Gasteiger partial charge < -0.3 is 16.0 Å². The second-order valence-corrected chi connectivity index (χ2v) is 3.68. The summed E-state index contributed by atoms with van der Waals surface area (Å²) in [5, 5.41) is 2.82. The van der Waals surface area contributed by atoms with Crippen LogP contribution in [0.5, 0.6) is 0 Å². The van der Waals surface area contributed by atoms with E-state index in [9.17, 15) is 4.79 Å². The zero-order valence-electron chi connectivity index (χ0n) is 9.97. The van der Waals surface area contributed by atoms with E-state index in [1.807, 2.05) is 19.0 Å². The van der Waals surface area contributed by atoms with E-state index in [-0.39, 0.29) is 30.7 Å². The van der Waals surface area contributed by atoms with Crippen LogP contribution in [-0.4, -0.2) is 38.0 Å². The van der Waals surface area contributed by atoms with E-state index in [4.69, 9.17) is 5.73 Å². The van der Waals surface area contributed by atoms with E-state index in [2.05, 4.69) is 5.32 Å². The minimum Gasteiger partial charge on any atom is -0.399 e. The number of likely N-dealkylation sites (N-methyl/N-ethyl adjacent to an activating group) is 1. The number of nitrogens with zero attached hydrogens (tertiary/aromatic N) is 1. The zero-order chi connectivity index (χ0) is 11.3. The minimum atomic E-state index is -0.0795. The van der Waals surface area contributed by atoms with Crippen molar-refractivity contribution in [3.63, 3.8) is 0 Å². The summed E-state index contributed by atoms with van der Waals surface area (Å²) in [5.74, 6) is -0.0795. The van der Waals surface area contributed by atoms with Gasteiger partial charge in [-0.1, -0.05) is 6.07 Å². The van der Waals surface area contributed by atoms with E-state index in [1.54, 1.807) is 24.3 Å². The molecule has 17 heavy (non-hydrogen) atoms. The summed E-state index contributed by atoms with van der Waals surface area (Å²) < 4.78 is 0. The maximum absolute atomic E-state index is 11.6. The highest BCUT2D eigenvalue weighted by atomic mass is 35.5. The highest BCUT2D eigenvalue weighted by molar-refractivity contribution is 5.94. The molecule has 1 aromatic rings. The van der Waals surface area contributed by atoms with Crippen molar-refractivity contribution in [2.24, 2.45) is 0 Å². The topological polar surface area (TPSA) is 58.4 Å². The monoisotopic (exact) mass is 279 g/mol. The second kappa shape index (κ2) is 9.10. The molecule has 3 N–H and O–H groups in total. The summed E-state index contributed by atoms with van der Waals surface area (Å²) in [4.78, 5) is 13.6. The van der Waals surface area contributed by atoms with Crippen molar-refractivity contribution in [2.45, 2.75) is 0 Å². The Morgan fingerprint density at radius 3 is 2.53 bits per heavy atom. The van der Waals surface area contributed by atoms with Gasteiger partial charge in [-0.3, -0.25) is 4.79 Å². The van der Waals surface area contributed by atoms with Gasteiger partial charge >= 0.3 is 0 Å². The van der Waals surface area contributed by atoms with Crippen LogP contribution in [0.2, 0.25) is 0 Å². The summed E-state index contributed by atoms with van der Waals surface area (Å²) in [5.41, 5.74) is 6.80. The van der Waals surface area contributed by atoms with Crippen molar-refractivity contribution in [3.05, 3.63) is 29.8 Å². The number of carbonyl (C=O) groups excluding carboxylic acids is 1. The number of nitrogen functional groups attached to an aromatic ring is 1. The van der Waals surface area contributed by atoms with Crippen molar-refractivity contribution >= 4 is 36.4 Å². The molecule has 0 saturated heterocycles. The number of carbonyl (C=O) groups is 1. The fourth-order valence-electron chi connectivity index (χ4n) is 1.18. The number of benzene rings is 1. The Labute approximate surface area is 114 Å². The number of nitrogens with two attached hydrogens (primary N) is 1. The highest BCUT2D eigenvalue weighted by Crippen LogP contribution is 2.05. The molecule has 0 aromatic heterocycles. The van der Waals surface area contributed by atoms with Crippen LogP contribution in [0, 0.1) is 0 Å². The van der Waals surface area contributed by atoms with Gasteiger partial charge in [0.15, 0.2) is 0 Å². The SMILES string of the molecule is CN(C)CCNC(=O)c1cccc(N)c1.Cl.Cl. The van der Waals surface area contributed by atoms with Crippen LogP contribution < -0.4 is 11.1 Å². The van der Waals surface area contributed by atoms with E-state index in [1.165, 1.54) is 0 Å². The molecule has 0 unspecified atom stereocenters. The first-order chi connectivity index (χ1) is 7.09. The Morgan fingerprint density at radius 2 is 2.00 bits per heavy atom. The van der Waals surface area contributed by atoms with E-state index in [0.717, 1.165) is 6.54 Å². The Hall–Kier alpha value is -0.970.